The molecule has 5 nitrogen and oxygen atoms in total. The summed E-state index contributed by atoms with van der Waals surface area (Å²) in [5.74, 6) is 1.75. The summed E-state index contributed by atoms with van der Waals surface area (Å²) < 4.78 is 2.15. The standard InChI is InChI=1S/C22H26N4O/c1-17(27)25-13-10-19(11-14-25)20-12-15-26-21(23-20)8-9-22(26)24(2)16-18-6-4-3-5-7-18/h3-9,12,15,19H,10-11,13-14,16H2,1-2H3. The highest BCUT2D eigenvalue weighted by Crippen LogP contribution is 2.28. The molecule has 140 valence electrons. The highest BCUT2D eigenvalue weighted by Gasteiger charge is 2.23. The molecule has 0 bridgehead atoms. The number of benzene rings is 1. The van der Waals surface area contributed by atoms with Crippen molar-refractivity contribution in [2.45, 2.75) is 32.2 Å². The Morgan fingerprint density at radius 3 is 2.56 bits per heavy atom. The van der Waals surface area contributed by atoms with Crippen LogP contribution in [0, 0.1) is 0 Å². The van der Waals surface area contributed by atoms with E-state index in [1.54, 1.807) is 6.92 Å². The lowest BCUT2D eigenvalue weighted by atomic mass is 9.93. The fourth-order valence-electron chi connectivity index (χ4n) is 3.96. The molecule has 1 aliphatic rings. The van der Waals surface area contributed by atoms with E-state index in [9.17, 15) is 4.79 Å². The second-order valence-corrected chi connectivity index (χ2v) is 7.39. The highest BCUT2D eigenvalue weighted by atomic mass is 16.2. The molecule has 1 saturated heterocycles. The van der Waals surface area contributed by atoms with Crippen LogP contribution in [-0.2, 0) is 11.3 Å². The van der Waals surface area contributed by atoms with E-state index in [1.165, 1.54) is 5.56 Å². The second kappa shape index (κ2) is 7.43. The molecule has 2 aromatic heterocycles. The summed E-state index contributed by atoms with van der Waals surface area (Å²) in [4.78, 5) is 20.6. The largest absolute Gasteiger partial charge is 0.356 e. The van der Waals surface area contributed by atoms with Crippen molar-refractivity contribution < 1.29 is 4.79 Å². The van der Waals surface area contributed by atoms with Gasteiger partial charge in [0.25, 0.3) is 0 Å². The molecule has 0 atom stereocenters. The van der Waals surface area contributed by atoms with E-state index in [4.69, 9.17) is 4.98 Å². The van der Waals surface area contributed by atoms with Gasteiger partial charge in [-0.25, -0.2) is 4.98 Å². The van der Waals surface area contributed by atoms with Crippen LogP contribution in [0.1, 0.15) is 36.9 Å². The lowest BCUT2D eigenvalue weighted by Gasteiger charge is -2.31. The van der Waals surface area contributed by atoms with Crippen molar-refractivity contribution in [2.75, 3.05) is 25.0 Å². The molecule has 5 heteroatoms. The van der Waals surface area contributed by atoms with Gasteiger partial charge in [-0.1, -0.05) is 30.3 Å². The second-order valence-electron chi connectivity index (χ2n) is 7.39. The maximum Gasteiger partial charge on any atom is 0.219 e. The van der Waals surface area contributed by atoms with Crippen LogP contribution >= 0.6 is 0 Å². The Balaban J connectivity index is 1.51. The molecule has 0 radical (unpaired) electrons. The average Bonchev–Trinajstić information content (AvgIpc) is 3.12. The smallest absolute Gasteiger partial charge is 0.219 e. The molecule has 1 aliphatic heterocycles. The molecule has 0 spiro atoms. The summed E-state index contributed by atoms with van der Waals surface area (Å²) in [5, 5.41) is 0. The summed E-state index contributed by atoms with van der Waals surface area (Å²) in [5.41, 5.74) is 3.41. The van der Waals surface area contributed by atoms with Crippen molar-refractivity contribution in [1.29, 1.82) is 0 Å². The number of hydrogen-bond donors (Lipinski definition) is 0. The maximum absolute atomic E-state index is 11.5. The fraction of sp³-hybridized carbons (Fsp3) is 0.364. The van der Waals surface area contributed by atoms with E-state index in [0.29, 0.717) is 5.92 Å². The first-order valence-corrected chi connectivity index (χ1v) is 9.60. The van der Waals surface area contributed by atoms with Crippen molar-refractivity contribution in [3.8, 4) is 0 Å². The minimum atomic E-state index is 0.176. The van der Waals surface area contributed by atoms with Crippen molar-refractivity contribution in [3.63, 3.8) is 0 Å². The topological polar surface area (TPSA) is 40.9 Å². The normalized spacial score (nSPS) is 15.3. The van der Waals surface area contributed by atoms with Gasteiger partial charge in [0.15, 0.2) is 0 Å². The molecule has 0 saturated carbocycles. The molecular formula is C22H26N4O. The first kappa shape index (κ1) is 17.6. The van der Waals surface area contributed by atoms with Gasteiger partial charge in [-0.05, 0) is 36.6 Å². The molecule has 1 fully saturated rings. The number of piperidine rings is 1. The molecule has 1 amide bonds. The van der Waals surface area contributed by atoms with Crippen LogP contribution in [0.25, 0.3) is 5.65 Å². The van der Waals surface area contributed by atoms with Gasteiger partial charge in [0.1, 0.15) is 11.5 Å². The number of anilines is 1. The zero-order valence-corrected chi connectivity index (χ0v) is 16.0. The Kier molecular flexibility index (Phi) is 4.84. The number of carbonyl (C=O) groups excluding carboxylic acids is 1. The number of hydrogen-bond acceptors (Lipinski definition) is 3. The van der Waals surface area contributed by atoms with Crippen LogP contribution in [0.5, 0.6) is 0 Å². The highest BCUT2D eigenvalue weighted by molar-refractivity contribution is 5.73. The van der Waals surface area contributed by atoms with Crippen molar-refractivity contribution in [1.82, 2.24) is 14.3 Å². The quantitative estimate of drug-likeness (QED) is 0.711. The first-order chi connectivity index (χ1) is 13.1. The van der Waals surface area contributed by atoms with Crippen LogP contribution in [0.2, 0.25) is 0 Å². The van der Waals surface area contributed by atoms with E-state index < -0.39 is 0 Å². The average molecular weight is 362 g/mol. The third-order valence-electron chi connectivity index (χ3n) is 5.53. The van der Waals surface area contributed by atoms with Crippen LogP contribution < -0.4 is 4.90 Å². The van der Waals surface area contributed by atoms with Crippen LogP contribution in [0.4, 0.5) is 5.82 Å². The number of aromatic nitrogens is 2. The molecule has 1 aromatic carbocycles. The number of likely N-dealkylation sites (tertiary alicyclic amines) is 1. The molecule has 27 heavy (non-hydrogen) atoms. The van der Waals surface area contributed by atoms with Gasteiger partial charge in [-0.3, -0.25) is 9.20 Å². The predicted octanol–water partition coefficient (Wildman–Crippen LogP) is 3.70. The van der Waals surface area contributed by atoms with Gasteiger partial charge in [-0.2, -0.15) is 0 Å². The summed E-state index contributed by atoms with van der Waals surface area (Å²) >= 11 is 0. The number of rotatable bonds is 4. The van der Waals surface area contributed by atoms with Gasteiger partial charge < -0.3 is 9.80 Å². The van der Waals surface area contributed by atoms with Crippen LogP contribution in [0.3, 0.4) is 0 Å². The Morgan fingerprint density at radius 1 is 1.11 bits per heavy atom. The molecule has 3 heterocycles. The lowest BCUT2D eigenvalue weighted by molar-refractivity contribution is -0.129. The van der Waals surface area contributed by atoms with E-state index in [0.717, 1.165) is 49.6 Å². The monoisotopic (exact) mass is 362 g/mol. The third kappa shape index (κ3) is 3.68. The zero-order chi connectivity index (χ0) is 18.8. The number of nitrogens with zero attached hydrogens (tertiary/aromatic N) is 4. The molecular weight excluding hydrogens is 336 g/mol. The Labute approximate surface area is 160 Å². The number of amides is 1. The van der Waals surface area contributed by atoms with Gasteiger partial charge in [-0.15, -0.1) is 0 Å². The number of carbonyl (C=O) groups is 1. The molecule has 3 aromatic rings. The molecule has 4 rings (SSSR count). The predicted molar refractivity (Wildman–Crippen MR) is 108 cm³/mol. The summed E-state index contributed by atoms with van der Waals surface area (Å²) in [6.45, 7) is 4.18. The molecule has 0 aliphatic carbocycles. The van der Waals surface area contributed by atoms with Gasteiger partial charge in [0.2, 0.25) is 5.91 Å². The zero-order valence-electron chi connectivity index (χ0n) is 16.0. The SMILES string of the molecule is CC(=O)N1CCC(c2ccn3c(N(C)Cc4ccccc4)ccc3n2)CC1. The summed E-state index contributed by atoms with van der Waals surface area (Å²) in [7, 11) is 2.11. The minimum absolute atomic E-state index is 0.176. The third-order valence-corrected chi connectivity index (χ3v) is 5.53. The van der Waals surface area contributed by atoms with Crippen molar-refractivity contribution in [3.05, 3.63) is 66.0 Å². The number of fused-ring (bicyclic) bond motifs is 1. The Morgan fingerprint density at radius 2 is 1.85 bits per heavy atom. The van der Waals surface area contributed by atoms with E-state index in [-0.39, 0.29) is 5.91 Å². The first-order valence-electron chi connectivity index (χ1n) is 9.60. The van der Waals surface area contributed by atoms with E-state index >= 15 is 0 Å². The minimum Gasteiger partial charge on any atom is -0.356 e. The lowest BCUT2D eigenvalue weighted by Crippen LogP contribution is -2.36. The Bertz CT molecular complexity index is 926. The fourth-order valence-corrected chi connectivity index (χ4v) is 3.96. The van der Waals surface area contributed by atoms with E-state index in [2.05, 4.69) is 65.0 Å². The summed E-state index contributed by atoms with van der Waals surface area (Å²) in [6, 6.07) is 16.9. The van der Waals surface area contributed by atoms with Crippen molar-refractivity contribution >= 4 is 17.4 Å². The Hall–Kier alpha value is -2.82. The molecule has 0 unspecified atom stereocenters. The molecule has 0 N–H and O–H groups in total. The van der Waals surface area contributed by atoms with Gasteiger partial charge >= 0.3 is 0 Å². The summed E-state index contributed by atoms with van der Waals surface area (Å²) in [6.07, 6.45) is 4.11. The van der Waals surface area contributed by atoms with Crippen LogP contribution in [-0.4, -0.2) is 40.3 Å². The van der Waals surface area contributed by atoms with Gasteiger partial charge in [0, 0.05) is 51.4 Å². The maximum atomic E-state index is 11.5. The van der Waals surface area contributed by atoms with Crippen molar-refractivity contribution in [2.24, 2.45) is 0 Å². The van der Waals surface area contributed by atoms with Crippen LogP contribution in [0.15, 0.2) is 54.7 Å². The van der Waals surface area contributed by atoms with E-state index in [1.807, 2.05) is 11.0 Å². The van der Waals surface area contributed by atoms with Gasteiger partial charge in [0.05, 0.1) is 0 Å².